The van der Waals surface area contributed by atoms with Gasteiger partial charge in [0.25, 0.3) is 5.91 Å². The Labute approximate surface area is 134 Å². The van der Waals surface area contributed by atoms with E-state index in [2.05, 4.69) is 15.3 Å². The third-order valence-corrected chi connectivity index (χ3v) is 3.32. The molecule has 6 heteroatoms. The Morgan fingerprint density at radius 1 is 1.26 bits per heavy atom. The molecule has 1 amide bonds. The molecule has 0 aliphatic heterocycles. The molecule has 0 aliphatic carbocycles. The Bertz CT molecular complexity index is 701. The van der Waals surface area contributed by atoms with Crippen molar-refractivity contribution in [3.05, 3.63) is 53.6 Å². The van der Waals surface area contributed by atoms with Crippen molar-refractivity contribution in [3.8, 4) is 0 Å². The third kappa shape index (κ3) is 4.35. The lowest BCUT2D eigenvalue weighted by atomic mass is 10.1. The van der Waals surface area contributed by atoms with Crippen LogP contribution >= 0.6 is 0 Å². The highest BCUT2D eigenvalue weighted by Crippen LogP contribution is 2.17. The Hall–Kier alpha value is -2.76. The molecule has 6 nitrogen and oxygen atoms in total. The molecule has 23 heavy (non-hydrogen) atoms. The van der Waals surface area contributed by atoms with Crippen LogP contribution in [0.15, 0.2) is 36.8 Å². The number of carbonyl (C=O) groups excluding carboxylic acids is 2. The number of esters is 1. The number of ether oxygens (including phenoxy) is 1. The van der Waals surface area contributed by atoms with E-state index in [9.17, 15) is 9.59 Å². The summed E-state index contributed by atoms with van der Waals surface area (Å²) in [4.78, 5) is 32.0. The van der Waals surface area contributed by atoms with Gasteiger partial charge in [0.15, 0.2) is 11.8 Å². The third-order valence-electron chi connectivity index (χ3n) is 3.32. The van der Waals surface area contributed by atoms with Crippen molar-refractivity contribution >= 4 is 17.6 Å². The number of nitrogens with zero attached hydrogens (tertiary/aromatic N) is 2. The van der Waals surface area contributed by atoms with E-state index in [0.717, 1.165) is 11.1 Å². The molecule has 0 saturated carbocycles. The highest BCUT2D eigenvalue weighted by molar-refractivity contribution is 5.97. The Balaban J connectivity index is 2.05. The van der Waals surface area contributed by atoms with Crippen LogP contribution in [-0.2, 0) is 9.53 Å². The first-order valence-electron chi connectivity index (χ1n) is 7.36. The molecular formula is C17H19N3O3. The Kier molecular flexibility index (Phi) is 5.41. The average molecular weight is 313 g/mol. The van der Waals surface area contributed by atoms with Crippen LogP contribution in [0, 0.1) is 13.8 Å². The molecule has 1 unspecified atom stereocenters. The molecule has 2 aromatic rings. The number of rotatable bonds is 5. The first kappa shape index (κ1) is 16.6. The number of amides is 1. The number of hydrogen-bond donors (Lipinski definition) is 1. The molecule has 0 fully saturated rings. The number of nitrogens with one attached hydrogen (secondary N) is 1. The first-order chi connectivity index (χ1) is 11.0. The molecule has 0 aliphatic rings. The van der Waals surface area contributed by atoms with Gasteiger partial charge in [-0.1, -0.05) is 24.6 Å². The second kappa shape index (κ2) is 7.49. The summed E-state index contributed by atoms with van der Waals surface area (Å²) in [7, 11) is 0. The van der Waals surface area contributed by atoms with Gasteiger partial charge in [0.1, 0.15) is 0 Å². The van der Waals surface area contributed by atoms with Gasteiger partial charge >= 0.3 is 5.97 Å². The van der Waals surface area contributed by atoms with Crippen LogP contribution < -0.4 is 5.32 Å². The molecule has 1 aromatic carbocycles. The van der Waals surface area contributed by atoms with E-state index < -0.39 is 12.1 Å². The van der Waals surface area contributed by atoms with Crippen LogP contribution in [-0.4, -0.2) is 27.9 Å². The van der Waals surface area contributed by atoms with Crippen molar-refractivity contribution in [2.24, 2.45) is 0 Å². The van der Waals surface area contributed by atoms with Gasteiger partial charge in [-0.25, -0.2) is 9.78 Å². The maximum Gasteiger partial charge on any atom is 0.359 e. The van der Waals surface area contributed by atoms with Crippen molar-refractivity contribution in [2.45, 2.75) is 33.3 Å². The number of aryl methyl sites for hydroxylation is 2. The molecule has 0 spiro atoms. The number of anilines is 1. The smallest absolute Gasteiger partial charge is 0.359 e. The number of benzene rings is 1. The van der Waals surface area contributed by atoms with Crippen LogP contribution in [0.4, 0.5) is 5.69 Å². The maximum atomic E-state index is 12.3. The maximum absolute atomic E-state index is 12.3. The highest BCUT2D eigenvalue weighted by atomic mass is 16.5. The molecule has 1 N–H and O–H groups in total. The monoisotopic (exact) mass is 313 g/mol. The SMILES string of the molecule is CCC(OC(=O)c1cnccn1)C(=O)Nc1ccc(C)cc1C. The van der Waals surface area contributed by atoms with Gasteiger partial charge in [-0.3, -0.25) is 9.78 Å². The summed E-state index contributed by atoms with van der Waals surface area (Å²) < 4.78 is 5.23. The fraction of sp³-hybridized carbons (Fsp3) is 0.294. The minimum atomic E-state index is -0.884. The zero-order valence-corrected chi connectivity index (χ0v) is 13.4. The quantitative estimate of drug-likeness (QED) is 0.858. The van der Waals surface area contributed by atoms with Gasteiger partial charge in [-0.2, -0.15) is 0 Å². The fourth-order valence-corrected chi connectivity index (χ4v) is 2.08. The van der Waals surface area contributed by atoms with E-state index in [0.29, 0.717) is 12.1 Å². The van der Waals surface area contributed by atoms with Crippen molar-refractivity contribution in [3.63, 3.8) is 0 Å². The molecule has 2 rings (SSSR count). The summed E-state index contributed by atoms with van der Waals surface area (Å²) in [5.74, 6) is -1.03. The van der Waals surface area contributed by atoms with E-state index in [-0.39, 0.29) is 11.6 Å². The lowest BCUT2D eigenvalue weighted by Gasteiger charge is -2.17. The lowest BCUT2D eigenvalue weighted by molar-refractivity contribution is -0.124. The van der Waals surface area contributed by atoms with E-state index in [4.69, 9.17) is 4.74 Å². The van der Waals surface area contributed by atoms with E-state index in [1.165, 1.54) is 18.6 Å². The van der Waals surface area contributed by atoms with Crippen LogP contribution in [0.1, 0.15) is 35.0 Å². The van der Waals surface area contributed by atoms with Crippen LogP contribution in [0.25, 0.3) is 0 Å². The van der Waals surface area contributed by atoms with Gasteiger partial charge in [0, 0.05) is 18.1 Å². The summed E-state index contributed by atoms with van der Waals surface area (Å²) in [6, 6.07) is 5.72. The minimum absolute atomic E-state index is 0.0743. The van der Waals surface area contributed by atoms with Gasteiger partial charge in [0.05, 0.1) is 6.20 Å². The fourth-order valence-electron chi connectivity index (χ4n) is 2.08. The molecule has 1 aromatic heterocycles. The second-order valence-corrected chi connectivity index (χ2v) is 5.20. The zero-order valence-electron chi connectivity index (χ0n) is 13.4. The van der Waals surface area contributed by atoms with Crippen LogP contribution in [0.2, 0.25) is 0 Å². The molecular weight excluding hydrogens is 294 g/mol. The summed E-state index contributed by atoms with van der Waals surface area (Å²) in [6.07, 6.45) is 3.64. The highest BCUT2D eigenvalue weighted by Gasteiger charge is 2.23. The summed E-state index contributed by atoms with van der Waals surface area (Å²) in [6.45, 7) is 5.67. The molecule has 1 atom stereocenters. The molecule has 1 heterocycles. The molecule has 0 bridgehead atoms. The molecule has 120 valence electrons. The summed E-state index contributed by atoms with van der Waals surface area (Å²) in [5, 5.41) is 2.79. The number of aromatic nitrogens is 2. The topological polar surface area (TPSA) is 81.2 Å². The summed E-state index contributed by atoms with van der Waals surface area (Å²) >= 11 is 0. The van der Waals surface area contributed by atoms with E-state index >= 15 is 0 Å². The first-order valence-corrected chi connectivity index (χ1v) is 7.36. The van der Waals surface area contributed by atoms with Crippen molar-refractivity contribution in [1.29, 1.82) is 0 Å². The number of carbonyl (C=O) groups is 2. The molecule has 0 radical (unpaired) electrons. The summed E-state index contributed by atoms with van der Waals surface area (Å²) in [5.41, 5.74) is 2.84. The second-order valence-electron chi connectivity index (χ2n) is 5.20. The minimum Gasteiger partial charge on any atom is -0.447 e. The van der Waals surface area contributed by atoms with Crippen molar-refractivity contribution < 1.29 is 14.3 Å². The van der Waals surface area contributed by atoms with Gasteiger partial charge < -0.3 is 10.1 Å². The average Bonchev–Trinajstić information content (AvgIpc) is 2.55. The van der Waals surface area contributed by atoms with Crippen LogP contribution in [0.3, 0.4) is 0 Å². The Morgan fingerprint density at radius 3 is 2.65 bits per heavy atom. The molecule has 0 saturated heterocycles. The van der Waals surface area contributed by atoms with Crippen molar-refractivity contribution in [1.82, 2.24) is 9.97 Å². The van der Waals surface area contributed by atoms with Gasteiger partial charge in [0.2, 0.25) is 0 Å². The Morgan fingerprint density at radius 2 is 2.04 bits per heavy atom. The predicted octanol–water partition coefficient (Wildman–Crippen LogP) is 2.67. The van der Waals surface area contributed by atoms with Crippen LogP contribution in [0.5, 0.6) is 0 Å². The number of hydrogen-bond acceptors (Lipinski definition) is 5. The zero-order chi connectivity index (χ0) is 16.8. The largest absolute Gasteiger partial charge is 0.447 e. The lowest BCUT2D eigenvalue weighted by Crippen LogP contribution is -2.32. The van der Waals surface area contributed by atoms with Gasteiger partial charge in [-0.05, 0) is 31.9 Å². The standard InChI is InChI=1S/C17H19N3O3/c1-4-15(23-17(22)14-10-18-7-8-19-14)16(21)20-13-6-5-11(2)9-12(13)3/h5-10,15H,4H2,1-3H3,(H,20,21). The van der Waals surface area contributed by atoms with Crippen molar-refractivity contribution in [2.75, 3.05) is 5.32 Å². The van der Waals surface area contributed by atoms with E-state index in [1.54, 1.807) is 6.92 Å². The van der Waals surface area contributed by atoms with Gasteiger partial charge in [-0.15, -0.1) is 0 Å². The normalized spacial score (nSPS) is 11.6. The van der Waals surface area contributed by atoms with E-state index in [1.807, 2.05) is 32.0 Å². The predicted molar refractivity (Wildman–Crippen MR) is 86.1 cm³/mol.